The molecule has 2 aromatic rings. The molecule has 118 valence electrons. The number of fused-ring (bicyclic) bond motifs is 2. The fourth-order valence-electron chi connectivity index (χ4n) is 3.12. The van der Waals surface area contributed by atoms with Crippen LogP contribution in [0.2, 0.25) is 0 Å². The molecular formula is C20H18N4. The van der Waals surface area contributed by atoms with Gasteiger partial charge < -0.3 is 15.7 Å². The number of nitrogens with one attached hydrogen (secondary N) is 1. The zero-order valence-corrected chi connectivity index (χ0v) is 13.7. The van der Waals surface area contributed by atoms with Gasteiger partial charge in [0.1, 0.15) is 0 Å². The standard InChI is InChI=1S/C20H18N4/c1-12-10-18-19(11-16(12)22)24(14-6-4-3-5-7-14)20-13(2)15(21)8-9-17(20)23-18/h3-11,22H,21H2,1-2H3. The summed E-state index contributed by atoms with van der Waals surface area (Å²) in [6.07, 6.45) is 0. The molecule has 0 radical (unpaired) electrons. The van der Waals surface area contributed by atoms with E-state index in [1.165, 1.54) is 0 Å². The first kappa shape index (κ1) is 14.5. The van der Waals surface area contributed by atoms with E-state index in [-0.39, 0.29) is 0 Å². The van der Waals surface area contributed by atoms with Gasteiger partial charge in [0.2, 0.25) is 0 Å². The third kappa shape index (κ3) is 2.07. The van der Waals surface area contributed by atoms with E-state index in [9.17, 15) is 0 Å². The summed E-state index contributed by atoms with van der Waals surface area (Å²) in [6.45, 7) is 3.95. The van der Waals surface area contributed by atoms with Gasteiger partial charge >= 0.3 is 0 Å². The minimum atomic E-state index is 0.509. The number of aryl methyl sites for hydroxylation is 2. The van der Waals surface area contributed by atoms with Crippen LogP contribution in [-0.2, 0) is 0 Å². The second-order valence-corrected chi connectivity index (χ2v) is 6.09. The second-order valence-electron chi connectivity index (χ2n) is 6.09. The third-order valence-electron chi connectivity index (χ3n) is 4.49. The Kier molecular flexibility index (Phi) is 3.13. The summed E-state index contributed by atoms with van der Waals surface area (Å²) >= 11 is 0. The highest BCUT2D eigenvalue weighted by atomic mass is 15.0. The van der Waals surface area contributed by atoms with Crippen LogP contribution in [0.4, 0.5) is 5.69 Å². The number of anilines is 1. The Labute approximate surface area is 140 Å². The molecule has 0 amide bonds. The first-order valence-electron chi connectivity index (χ1n) is 7.88. The molecule has 0 fully saturated rings. The van der Waals surface area contributed by atoms with Crippen LogP contribution in [0.1, 0.15) is 11.1 Å². The number of para-hydroxylation sites is 1. The van der Waals surface area contributed by atoms with E-state index in [1.54, 1.807) is 0 Å². The Morgan fingerprint density at radius 3 is 2.50 bits per heavy atom. The quantitative estimate of drug-likeness (QED) is 0.414. The van der Waals surface area contributed by atoms with Gasteiger partial charge in [-0.1, -0.05) is 18.2 Å². The van der Waals surface area contributed by atoms with Gasteiger partial charge in [0.25, 0.3) is 0 Å². The minimum Gasteiger partial charge on any atom is -0.398 e. The lowest BCUT2D eigenvalue weighted by Crippen LogP contribution is -2.13. The first-order valence-corrected chi connectivity index (χ1v) is 7.88. The van der Waals surface area contributed by atoms with Crippen LogP contribution in [-0.4, -0.2) is 9.55 Å². The number of aromatic nitrogens is 2. The van der Waals surface area contributed by atoms with Crippen molar-refractivity contribution >= 4 is 16.7 Å². The third-order valence-corrected chi connectivity index (χ3v) is 4.49. The number of benzene rings is 3. The molecule has 0 bridgehead atoms. The van der Waals surface area contributed by atoms with Gasteiger partial charge in [-0.25, -0.2) is 4.98 Å². The lowest BCUT2D eigenvalue weighted by molar-refractivity contribution is 1.05. The average Bonchev–Trinajstić information content (AvgIpc) is 2.59. The van der Waals surface area contributed by atoms with E-state index in [4.69, 9.17) is 16.1 Å². The van der Waals surface area contributed by atoms with Crippen molar-refractivity contribution in [3.8, 4) is 17.1 Å². The van der Waals surface area contributed by atoms with Gasteiger partial charge in [-0.3, -0.25) is 0 Å². The second kappa shape index (κ2) is 5.20. The Morgan fingerprint density at radius 1 is 1.00 bits per heavy atom. The van der Waals surface area contributed by atoms with Crippen molar-refractivity contribution in [3.05, 3.63) is 71.1 Å². The summed E-state index contributed by atoms with van der Waals surface area (Å²) < 4.78 is 2.15. The molecule has 1 aliphatic heterocycles. The molecule has 24 heavy (non-hydrogen) atoms. The molecule has 4 rings (SSSR count). The molecule has 4 heteroatoms. The highest BCUT2D eigenvalue weighted by molar-refractivity contribution is 5.88. The normalized spacial score (nSPS) is 11.2. The van der Waals surface area contributed by atoms with Crippen LogP contribution in [0.5, 0.6) is 0 Å². The van der Waals surface area contributed by atoms with Crippen LogP contribution < -0.4 is 11.1 Å². The van der Waals surface area contributed by atoms with Crippen molar-refractivity contribution in [2.45, 2.75) is 13.8 Å². The van der Waals surface area contributed by atoms with Crippen LogP contribution >= 0.6 is 0 Å². The number of nitrogens with zero attached hydrogens (tertiary/aromatic N) is 2. The molecule has 0 unspecified atom stereocenters. The van der Waals surface area contributed by atoms with E-state index < -0.39 is 0 Å². The van der Waals surface area contributed by atoms with Gasteiger partial charge in [0, 0.05) is 11.4 Å². The molecular weight excluding hydrogens is 296 g/mol. The molecule has 0 saturated heterocycles. The monoisotopic (exact) mass is 314 g/mol. The van der Waals surface area contributed by atoms with E-state index >= 15 is 0 Å². The lowest BCUT2D eigenvalue weighted by Gasteiger charge is -2.21. The van der Waals surface area contributed by atoms with Gasteiger partial charge in [-0.2, -0.15) is 0 Å². The van der Waals surface area contributed by atoms with E-state index in [2.05, 4.69) is 16.7 Å². The van der Waals surface area contributed by atoms with Crippen molar-refractivity contribution in [1.29, 1.82) is 5.41 Å². The Balaban J connectivity index is 2.29. The predicted molar refractivity (Wildman–Crippen MR) is 97.4 cm³/mol. The van der Waals surface area contributed by atoms with Crippen LogP contribution in [0.15, 0.2) is 54.6 Å². The summed E-state index contributed by atoms with van der Waals surface area (Å²) in [5, 5.41) is 8.71. The molecule has 4 nitrogen and oxygen atoms in total. The van der Waals surface area contributed by atoms with Crippen molar-refractivity contribution < 1.29 is 0 Å². The summed E-state index contributed by atoms with van der Waals surface area (Å²) in [6, 6.07) is 17.9. The molecule has 3 N–H and O–H groups in total. The number of rotatable bonds is 1. The SMILES string of the molecule is Cc1cc2nc3ccc(N)c(C)c3n(-c3ccccc3)c-2cc1=N. The molecule has 0 atom stereocenters. The van der Waals surface area contributed by atoms with E-state index in [1.807, 2.05) is 56.3 Å². The average molecular weight is 314 g/mol. The number of hydrogen-bond acceptors (Lipinski definition) is 3. The lowest BCUT2D eigenvalue weighted by atomic mass is 10.1. The van der Waals surface area contributed by atoms with Gasteiger partial charge in [-0.05, 0) is 61.4 Å². The zero-order valence-electron chi connectivity index (χ0n) is 13.7. The summed E-state index contributed by atoms with van der Waals surface area (Å²) in [5.41, 5.74) is 13.5. The number of nitrogen functional groups attached to an aromatic ring is 1. The van der Waals surface area contributed by atoms with Crippen LogP contribution in [0.3, 0.4) is 0 Å². The maximum atomic E-state index is 8.20. The molecule has 1 heterocycles. The topological polar surface area (TPSA) is 67.7 Å². The number of hydrogen-bond donors (Lipinski definition) is 2. The van der Waals surface area contributed by atoms with Crippen molar-refractivity contribution in [2.75, 3.05) is 5.73 Å². The largest absolute Gasteiger partial charge is 0.398 e. The maximum Gasteiger partial charge on any atom is 0.0882 e. The van der Waals surface area contributed by atoms with Crippen LogP contribution in [0, 0.1) is 19.3 Å². The van der Waals surface area contributed by atoms with E-state index in [0.717, 1.165) is 44.9 Å². The van der Waals surface area contributed by atoms with Crippen molar-refractivity contribution in [2.24, 2.45) is 0 Å². The summed E-state index contributed by atoms with van der Waals surface area (Å²) in [4.78, 5) is 4.81. The fourth-order valence-corrected chi connectivity index (χ4v) is 3.12. The molecule has 2 aromatic carbocycles. The fraction of sp³-hybridized carbons (Fsp3) is 0.100. The highest BCUT2D eigenvalue weighted by Gasteiger charge is 2.17. The van der Waals surface area contributed by atoms with Gasteiger partial charge in [0.15, 0.2) is 0 Å². The molecule has 0 spiro atoms. The van der Waals surface area contributed by atoms with Crippen molar-refractivity contribution in [3.63, 3.8) is 0 Å². The summed E-state index contributed by atoms with van der Waals surface area (Å²) in [7, 11) is 0. The van der Waals surface area contributed by atoms with Gasteiger partial charge in [0.05, 0.1) is 27.8 Å². The molecule has 1 aliphatic carbocycles. The zero-order chi connectivity index (χ0) is 16.8. The molecule has 0 aromatic heterocycles. The number of nitrogens with two attached hydrogens (primary N) is 1. The Morgan fingerprint density at radius 2 is 1.75 bits per heavy atom. The Bertz CT molecular complexity index is 1090. The van der Waals surface area contributed by atoms with Gasteiger partial charge in [-0.15, -0.1) is 0 Å². The molecule has 0 saturated carbocycles. The first-order chi connectivity index (χ1) is 11.6. The highest BCUT2D eigenvalue weighted by Crippen LogP contribution is 2.32. The minimum absolute atomic E-state index is 0.509. The predicted octanol–water partition coefficient (Wildman–Crippen LogP) is 3.81. The Hall–Kier alpha value is -3.14. The summed E-state index contributed by atoms with van der Waals surface area (Å²) in [5.74, 6) is 0. The smallest absolute Gasteiger partial charge is 0.0882 e. The molecule has 2 aliphatic rings. The van der Waals surface area contributed by atoms with Crippen LogP contribution in [0.25, 0.3) is 28.1 Å². The maximum absolute atomic E-state index is 8.20. The van der Waals surface area contributed by atoms with Crippen molar-refractivity contribution in [1.82, 2.24) is 9.55 Å². The van der Waals surface area contributed by atoms with E-state index in [0.29, 0.717) is 5.36 Å².